The smallest absolute Gasteiger partial charge is 0.251 e. The average molecular weight is 366 g/mol. The van der Waals surface area contributed by atoms with Crippen molar-refractivity contribution in [1.82, 2.24) is 10.2 Å². The summed E-state index contributed by atoms with van der Waals surface area (Å²) in [6.45, 7) is 7.98. The Bertz CT molecular complexity index is 688. The largest absolute Gasteiger partial charge is 0.350 e. The first-order valence-corrected chi connectivity index (χ1v) is 8.77. The summed E-state index contributed by atoms with van der Waals surface area (Å²) in [7, 11) is 0. The van der Waals surface area contributed by atoms with Gasteiger partial charge in [0, 0.05) is 30.6 Å². The highest BCUT2D eigenvalue weighted by atomic mass is 35.5. The fourth-order valence-corrected chi connectivity index (χ4v) is 2.91. The highest BCUT2D eigenvalue weighted by Gasteiger charge is 2.35. The maximum atomic E-state index is 12.5. The van der Waals surface area contributed by atoms with Gasteiger partial charge in [0.1, 0.15) is 0 Å². The Morgan fingerprint density at radius 2 is 1.92 bits per heavy atom. The minimum Gasteiger partial charge on any atom is -0.350 e. The summed E-state index contributed by atoms with van der Waals surface area (Å²) >= 11 is 6.14. The predicted molar refractivity (Wildman–Crippen MR) is 97.6 cm³/mol. The number of nitrogens with one attached hydrogen (secondary N) is 2. The van der Waals surface area contributed by atoms with Gasteiger partial charge in [0.15, 0.2) is 0 Å². The Labute approximate surface area is 152 Å². The maximum absolute atomic E-state index is 12.5. The molecule has 7 heteroatoms. The summed E-state index contributed by atoms with van der Waals surface area (Å²) in [5.41, 5.74) is 0.790. The van der Waals surface area contributed by atoms with E-state index in [1.807, 2.05) is 27.7 Å². The number of likely N-dealkylation sites (tertiary alicyclic amines) is 1. The molecule has 25 heavy (non-hydrogen) atoms. The number of carbonyl (C=O) groups is 3. The van der Waals surface area contributed by atoms with E-state index in [2.05, 4.69) is 10.6 Å². The van der Waals surface area contributed by atoms with Crippen LogP contribution in [-0.4, -0.2) is 41.2 Å². The predicted octanol–water partition coefficient (Wildman–Crippen LogP) is 2.67. The van der Waals surface area contributed by atoms with E-state index >= 15 is 0 Å². The van der Waals surface area contributed by atoms with Gasteiger partial charge in [-0.05, 0) is 45.9 Å². The highest BCUT2D eigenvalue weighted by molar-refractivity contribution is 6.34. The van der Waals surface area contributed by atoms with Gasteiger partial charge >= 0.3 is 0 Å². The maximum Gasteiger partial charge on any atom is 0.251 e. The third-order valence-electron chi connectivity index (χ3n) is 4.06. The van der Waals surface area contributed by atoms with Crippen LogP contribution in [0.1, 0.15) is 44.5 Å². The first kappa shape index (κ1) is 19.2. The second kappa shape index (κ2) is 7.87. The zero-order valence-electron chi connectivity index (χ0n) is 14.9. The van der Waals surface area contributed by atoms with Crippen LogP contribution in [0.25, 0.3) is 0 Å². The van der Waals surface area contributed by atoms with Gasteiger partial charge in [-0.2, -0.15) is 0 Å². The molecule has 0 aliphatic carbocycles. The van der Waals surface area contributed by atoms with Gasteiger partial charge in [-0.3, -0.25) is 14.4 Å². The van der Waals surface area contributed by atoms with Gasteiger partial charge in [0.05, 0.1) is 16.6 Å². The summed E-state index contributed by atoms with van der Waals surface area (Å²) in [5, 5.41) is 5.89. The Balaban J connectivity index is 2.10. The van der Waals surface area contributed by atoms with E-state index in [4.69, 9.17) is 11.6 Å². The van der Waals surface area contributed by atoms with Crippen LogP contribution in [0.3, 0.4) is 0 Å². The van der Waals surface area contributed by atoms with E-state index in [9.17, 15) is 14.4 Å². The minimum atomic E-state index is -0.417. The molecule has 0 aromatic heterocycles. The normalized spacial score (nSPS) is 17.3. The van der Waals surface area contributed by atoms with Gasteiger partial charge < -0.3 is 15.5 Å². The molecule has 1 aromatic rings. The van der Waals surface area contributed by atoms with E-state index in [0.29, 0.717) is 22.8 Å². The van der Waals surface area contributed by atoms with Gasteiger partial charge in [0.2, 0.25) is 11.8 Å². The van der Waals surface area contributed by atoms with E-state index in [-0.39, 0.29) is 36.2 Å². The van der Waals surface area contributed by atoms with Crippen molar-refractivity contribution in [3.05, 3.63) is 28.8 Å². The first-order valence-electron chi connectivity index (χ1n) is 8.39. The summed E-state index contributed by atoms with van der Waals surface area (Å²) in [6, 6.07) is 4.81. The molecule has 0 radical (unpaired) electrons. The second-order valence-corrected chi connectivity index (χ2v) is 7.26. The van der Waals surface area contributed by atoms with Crippen molar-refractivity contribution in [1.29, 1.82) is 0 Å². The molecule has 0 spiro atoms. The molecule has 136 valence electrons. The number of carbonyl (C=O) groups excluding carboxylic acids is 3. The topological polar surface area (TPSA) is 78.5 Å². The van der Waals surface area contributed by atoms with Crippen LogP contribution < -0.4 is 10.6 Å². The monoisotopic (exact) mass is 365 g/mol. The number of hydrogen-bond acceptors (Lipinski definition) is 3. The number of hydrogen-bond donors (Lipinski definition) is 2. The first-order chi connectivity index (χ1) is 11.7. The van der Waals surface area contributed by atoms with Crippen LogP contribution in [0.2, 0.25) is 5.02 Å². The molecule has 0 unspecified atom stereocenters. The molecule has 2 rings (SSSR count). The molecule has 3 amide bonds. The van der Waals surface area contributed by atoms with Crippen molar-refractivity contribution < 1.29 is 14.4 Å². The molecule has 1 aliphatic heterocycles. The summed E-state index contributed by atoms with van der Waals surface area (Å²) in [5.74, 6) is -0.936. The number of rotatable bonds is 5. The fourth-order valence-electron chi connectivity index (χ4n) is 2.75. The molecule has 1 aromatic carbocycles. The zero-order valence-corrected chi connectivity index (χ0v) is 15.7. The van der Waals surface area contributed by atoms with Crippen molar-refractivity contribution in [2.45, 2.75) is 46.2 Å². The van der Waals surface area contributed by atoms with Crippen molar-refractivity contribution in [2.24, 2.45) is 5.92 Å². The summed E-state index contributed by atoms with van der Waals surface area (Å²) in [6.07, 6.45) is 0.190. The molecule has 1 fully saturated rings. The fraction of sp³-hybridized carbons (Fsp3) is 0.500. The molecule has 1 aliphatic rings. The average Bonchev–Trinajstić information content (AvgIpc) is 2.91. The van der Waals surface area contributed by atoms with Crippen molar-refractivity contribution in [3.63, 3.8) is 0 Å². The Kier molecular flexibility index (Phi) is 6.06. The number of anilines is 1. The lowest BCUT2D eigenvalue weighted by Crippen LogP contribution is -2.33. The third-order valence-corrected chi connectivity index (χ3v) is 4.39. The highest BCUT2D eigenvalue weighted by Crippen LogP contribution is 2.26. The van der Waals surface area contributed by atoms with E-state index in [1.54, 1.807) is 23.1 Å². The van der Waals surface area contributed by atoms with Crippen LogP contribution >= 0.6 is 11.6 Å². The van der Waals surface area contributed by atoms with E-state index < -0.39 is 5.92 Å². The van der Waals surface area contributed by atoms with Gasteiger partial charge in [-0.1, -0.05) is 11.6 Å². The molecular formula is C18H24ClN3O3. The number of benzene rings is 1. The summed E-state index contributed by atoms with van der Waals surface area (Å²) in [4.78, 5) is 38.2. The van der Waals surface area contributed by atoms with Gasteiger partial charge in [0.25, 0.3) is 5.91 Å². The molecular weight excluding hydrogens is 342 g/mol. The van der Waals surface area contributed by atoms with Gasteiger partial charge in [-0.25, -0.2) is 0 Å². The standard InChI is InChI=1S/C18H24ClN3O3/c1-10(2)20-17(24)12-5-6-14(19)15(7-12)21-18(25)13-8-16(23)22(9-13)11(3)4/h5-7,10-11,13H,8-9H2,1-4H3,(H,20,24)(H,21,25)/t13-/m1/s1. The molecule has 1 heterocycles. The molecule has 6 nitrogen and oxygen atoms in total. The minimum absolute atomic E-state index is 0.00716. The van der Waals surface area contributed by atoms with Crippen molar-refractivity contribution in [2.75, 3.05) is 11.9 Å². The number of amides is 3. The SMILES string of the molecule is CC(C)NC(=O)c1ccc(Cl)c(NC(=O)[C@@H]2CC(=O)N(C(C)C)C2)c1. The molecule has 2 N–H and O–H groups in total. The molecule has 1 atom stereocenters. The lowest BCUT2D eigenvalue weighted by atomic mass is 10.1. The van der Waals surface area contributed by atoms with Crippen LogP contribution in [0.15, 0.2) is 18.2 Å². The lowest BCUT2D eigenvalue weighted by molar-refractivity contribution is -0.129. The van der Waals surface area contributed by atoms with Crippen LogP contribution in [-0.2, 0) is 9.59 Å². The van der Waals surface area contributed by atoms with Crippen LogP contribution in [0.5, 0.6) is 0 Å². The zero-order chi connectivity index (χ0) is 18.7. The molecule has 0 bridgehead atoms. The summed E-state index contributed by atoms with van der Waals surface area (Å²) < 4.78 is 0. The Hall–Kier alpha value is -2.08. The third kappa shape index (κ3) is 4.72. The molecule has 0 saturated carbocycles. The second-order valence-electron chi connectivity index (χ2n) is 6.85. The quantitative estimate of drug-likeness (QED) is 0.842. The Morgan fingerprint density at radius 1 is 1.24 bits per heavy atom. The lowest BCUT2D eigenvalue weighted by Gasteiger charge is -2.20. The van der Waals surface area contributed by atoms with E-state index in [1.165, 1.54) is 0 Å². The van der Waals surface area contributed by atoms with Crippen LogP contribution in [0, 0.1) is 5.92 Å². The van der Waals surface area contributed by atoms with E-state index in [0.717, 1.165) is 0 Å². The van der Waals surface area contributed by atoms with Crippen molar-refractivity contribution in [3.8, 4) is 0 Å². The number of halogens is 1. The van der Waals surface area contributed by atoms with Crippen LogP contribution in [0.4, 0.5) is 5.69 Å². The van der Waals surface area contributed by atoms with Gasteiger partial charge in [-0.15, -0.1) is 0 Å². The van der Waals surface area contributed by atoms with Crippen molar-refractivity contribution >= 4 is 35.0 Å². The Morgan fingerprint density at radius 3 is 2.48 bits per heavy atom. The number of nitrogens with zero attached hydrogens (tertiary/aromatic N) is 1. The molecule has 1 saturated heterocycles.